The Morgan fingerprint density at radius 1 is 1.03 bits per heavy atom. The standard InChI is InChI=1S/C24H19FN4O/c25-21-11-8-18(9-12-21)15-27-23(30)13-10-20-17-29(22-6-2-1-3-7-22)28-24(20)19-5-4-14-26-16-19/h1-14,16-17H,15H2,(H,27,30)/b13-10+. The highest BCUT2D eigenvalue weighted by Crippen LogP contribution is 2.24. The number of nitrogens with one attached hydrogen (secondary N) is 1. The first-order valence-electron chi connectivity index (χ1n) is 9.45. The third kappa shape index (κ3) is 4.67. The maximum atomic E-state index is 13.0. The number of nitrogens with zero attached hydrogens (tertiary/aromatic N) is 3. The summed E-state index contributed by atoms with van der Waals surface area (Å²) in [5.41, 5.74) is 4.13. The molecule has 0 aliphatic rings. The lowest BCUT2D eigenvalue weighted by Gasteiger charge is -2.02. The van der Waals surface area contributed by atoms with Gasteiger partial charge in [0.25, 0.3) is 0 Å². The number of halogens is 1. The van der Waals surface area contributed by atoms with E-state index in [0.29, 0.717) is 6.54 Å². The van der Waals surface area contributed by atoms with Gasteiger partial charge in [-0.1, -0.05) is 30.3 Å². The molecule has 0 bridgehead atoms. The molecule has 1 N–H and O–H groups in total. The van der Waals surface area contributed by atoms with Gasteiger partial charge < -0.3 is 5.32 Å². The van der Waals surface area contributed by atoms with Crippen molar-refractivity contribution in [1.29, 1.82) is 0 Å². The van der Waals surface area contributed by atoms with E-state index in [0.717, 1.165) is 28.1 Å². The van der Waals surface area contributed by atoms with Gasteiger partial charge in [0, 0.05) is 42.3 Å². The van der Waals surface area contributed by atoms with E-state index in [1.165, 1.54) is 18.2 Å². The van der Waals surface area contributed by atoms with Crippen LogP contribution >= 0.6 is 0 Å². The first kappa shape index (κ1) is 19.3. The maximum absolute atomic E-state index is 13.0. The highest BCUT2D eigenvalue weighted by molar-refractivity contribution is 5.92. The molecule has 148 valence electrons. The highest BCUT2D eigenvalue weighted by atomic mass is 19.1. The van der Waals surface area contributed by atoms with E-state index >= 15 is 0 Å². The second-order valence-corrected chi connectivity index (χ2v) is 6.63. The Hall–Kier alpha value is -4.06. The van der Waals surface area contributed by atoms with Crippen LogP contribution in [-0.2, 0) is 11.3 Å². The van der Waals surface area contributed by atoms with Crippen LogP contribution in [0.25, 0.3) is 23.0 Å². The number of rotatable bonds is 6. The van der Waals surface area contributed by atoms with E-state index in [2.05, 4.69) is 15.4 Å². The zero-order chi connectivity index (χ0) is 20.8. The van der Waals surface area contributed by atoms with Crippen LogP contribution in [0, 0.1) is 5.82 Å². The molecule has 5 nitrogen and oxygen atoms in total. The quantitative estimate of drug-likeness (QED) is 0.490. The van der Waals surface area contributed by atoms with E-state index in [1.54, 1.807) is 35.3 Å². The topological polar surface area (TPSA) is 59.8 Å². The number of pyridine rings is 1. The van der Waals surface area contributed by atoms with Crippen LogP contribution in [0.4, 0.5) is 4.39 Å². The summed E-state index contributed by atoms with van der Waals surface area (Å²) in [6.07, 6.45) is 8.52. The number of hydrogen-bond donors (Lipinski definition) is 1. The summed E-state index contributed by atoms with van der Waals surface area (Å²) in [6.45, 7) is 0.322. The van der Waals surface area contributed by atoms with Crippen LogP contribution in [0.1, 0.15) is 11.1 Å². The second-order valence-electron chi connectivity index (χ2n) is 6.63. The molecule has 0 fully saturated rings. The number of amides is 1. The fourth-order valence-electron chi connectivity index (χ4n) is 2.97. The molecule has 0 unspecified atom stereocenters. The van der Waals surface area contributed by atoms with Crippen molar-refractivity contribution in [3.63, 3.8) is 0 Å². The second kappa shape index (κ2) is 8.96. The average Bonchev–Trinajstić information content (AvgIpc) is 3.23. The molecule has 4 rings (SSSR count). The van der Waals surface area contributed by atoms with Gasteiger partial charge in [-0.25, -0.2) is 9.07 Å². The Morgan fingerprint density at radius 2 is 1.83 bits per heavy atom. The Labute approximate surface area is 173 Å². The van der Waals surface area contributed by atoms with Crippen molar-refractivity contribution in [2.75, 3.05) is 0 Å². The number of benzene rings is 2. The van der Waals surface area contributed by atoms with Crippen LogP contribution in [-0.4, -0.2) is 20.7 Å². The normalized spacial score (nSPS) is 11.0. The number of hydrogen-bond acceptors (Lipinski definition) is 3. The van der Waals surface area contributed by atoms with Crippen molar-refractivity contribution in [1.82, 2.24) is 20.1 Å². The minimum Gasteiger partial charge on any atom is -0.348 e. The third-order valence-electron chi connectivity index (χ3n) is 4.49. The summed E-state index contributed by atoms with van der Waals surface area (Å²) in [5.74, 6) is -0.549. The smallest absolute Gasteiger partial charge is 0.244 e. The molecule has 0 atom stereocenters. The number of aromatic nitrogens is 3. The lowest BCUT2D eigenvalue weighted by molar-refractivity contribution is -0.116. The Bertz CT molecular complexity index is 1150. The third-order valence-corrected chi connectivity index (χ3v) is 4.49. The van der Waals surface area contributed by atoms with Crippen LogP contribution in [0.5, 0.6) is 0 Å². The molecular weight excluding hydrogens is 379 g/mol. The molecular formula is C24H19FN4O. The van der Waals surface area contributed by atoms with Crippen LogP contribution < -0.4 is 5.32 Å². The van der Waals surface area contributed by atoms with Gasteiger partial charge in [-0.15, -0.1) is 0 Å². The molecule has 0 aliphatic carbocycles. The molecule has 0 aliphatic heterocycles. The molecule has 4 aromatic rings. The lowest BCUT2D eigenvalue weighted by atomic mass is 10.1. The van der Waals surface area contributed by atoms with Crippen molar-refractivity contribution in [2.45, 2.75) is 6.54 Å². The summed E-state index contributed by atoms with van der Waals surface area (Å²) in [7, 11) is 0. The summed E-state index contributed by atoms with van der Waals surface area (Å²) < 4.78 is 14.8. The van der Waals surface area contributed by atoms with Crippen molar-refractivity contribution in [3.8, 4) is 16.9 Å². The molecule has 0 radical (unpaired) electrons. The molecule has 6 heteroatoms. The monoisotopic (exact) mass is 398 g/mol. The van der Waals surface area contributed by atoms with Crippen LogP contribution in [0.15, 0.2) is 91.4 Å². The molecule has 30 heavy (non-hydrogen) atoms. The maximum Gasteiger partial charge on any atom is 0.244 e. The minimum atomic E-state index is -0.302. The molecule has 1 amide bonds. The molecule has 0 spiro atoms. The fourth-order valence-corrected chi connectivity index (χ4v) is 2.97. The molecule has 2 aromatic heterocycles. The summed E-state index contributed by atoms with van der Waals surface area (Å²) in [4.78, 5) is 16.4. The van der Waals surface area contributed by atoms with Gasteiger partial charge in [0.15, 0.2) is 0 Å². The van der Waals surface area contributed by atoms with E-state index in [4.69, 9.17) is 0 Å². The SMILES string of the molecule is O=C(/C=C/c1cn(-c2ccccc2)nc1-c1cccnc1)NCc1ccc(F)cc1. The van der Waals surface area contributed by atoms with Gasteiger partial charge in [-0.05, 0) is 48.0 Å². The Kier molecular flexibility index (Phi) is 5.75. The van der Waals surface area contributed by atoms with E-state index in [-0.39, 0.29) is 11.7 Å². The van der Waals surface area contributed by atoms with Gasteiger partial charge in [-0.3, -0.25) is 9.78 Å². The van der Waals surface area contributed by atoms with E-state index in [1.807, 2.05) is 48.7 Å². The molecule has 0 saturated carbocycles. The van der Waals surface area contributed by atoms with Crippen LogP contribution in [0.3, 0.4) is 0 Å². The summed E-state index contributed by atoms with van der Waals surface area (Å²) in [5, 5.41) is 7.49. The first-order valence-corrected chi connectivity index (χ1v) is 9.45. The zero-order valence-electron chi connectivity index (χ0n) is 16.1. The molecule has 2 aromatic carbocycles. The first-order chi connectivity index (χ1) is 14.7. The summed E-state index contributed by atoms with van der Waals surface area (Å²) >= 11 is 0. The largest absolute Gasteiger partial charge is 0.348 e. The Morgan fingerprint density at radius 3 is 2.57 bits per heavy atom. The van der Waals surface area contributed by atoms with Gasteiger partial charge in [-0.2, -0.15) is 5.10 Å². The minimum absolute atomic E-state index is 0.246. The summed E-state index contributed by atoms with van der Waals surface area (Å²) in [6, 6.07) is 19.6. The highest BCUT2D eigenvalue weighted by Gasteiger charge is 2.11. The van der Waals surface area contributed by atoms with Crippen molar-refractivity contribution < 1.29 is 9.18 Å². The average molecular weight is 398 g/mol. The van der Waals surface area contributed by atoms with Gasteiger partial charge in [0.2, 0.25) is 5.91 Å². The van der Waals surface area contributed by atoms with E-state index in [9.17, 15) is 9.18 Å². The fraction of sp³-hybridized carbons (Fsp3) is 0.0417. The Balaban J connectivity index is 1.55. The molecule has 2 heterocycles. The van der Waals surface area contributed by atoms with Crippen molar-refractivity contribution in [3.05, 3.63) is 108 Å². The number of carbonyl (C=O) groups excluding carboxylic acids is 1. The predicted octanol–water partition coefficient (Wildman–Crippen LogP) is 4.40. The van der Waals surface area contributed by atoms with Gasteiger partial charge in [0.1, 0.15) is 11.5 Å². The van der Waals surface area contributed by atoms with Gasteiger partial charge in [0.05, 0.1) is 5.69 Å². The van der Waals surface area contributed by atoms with Gasteiger partial charge >= 0.3 is 0 Å². The number of carbonyl (C=O) groups is 1. The van der Waals surface area contributed by atoms with E-state index < -0.39 is 0 Å². The zero-order valence-corrected chi connectivity index (χ0v) is 16.1. The lowest BCUT2D eigenvalue weighted by Crippen LogP contribution is -2.20. The van der Waals surface area contributed by atoms with Crippen molar-refractivity contribution in [2.24, 2.45) is 0 Å². The molecule has 0 saturated heterocycles. The predicted molar refractivity (Wildman–Crippen MR) is 114 cm³/mol. The van der Waals surface area contributed by atoms with Crippen LogP contribution in [0.2, 0.25) is 0 Å². The number of para-hydroxylation sites is 1. The van der Waals surface area contributed by atoms with Crippen molar-refractivity contribution >= 4 is 12.0 Å².